The Balaban J connectivity index is 2.44. The molecule has 0 spiro atoms. The van der Waals surface area contributed by atoms with Crippen molar-refractivity contribution in [2.24, 2.45) is 0 Å². The van der Waals surface area contributed by atoms with Crippen molar-refractivity contribution in [1.29, 1.82) is 0 Å². The highest BCUT2D eigenvalue weighted by atomic mass is 79.9. The predicted octanol–water partition coefficient (Wildman–Crippen LogP) is 4.76. The van der Waals surface area contributed by atoms with Gasteiger partial charge in [0.15, 0.2) is 5.78 Å². The summed E-state index contributed by atoms with van der Waals surface area (Å²) in [5.41, 5.74) is 2.28. The van der Waals surface area contributed by atoms with E-state index in [9.17, 15) is 4.79 Å². The molecular weight excluding hydrogens is 372 g/mol. The van der Waals surface area contributed by atoms with Gasteiger partial charge in [0.1, 0.15) is 5.75 Å². The van der Waals surface area contributed by atoms with Crippen molar-refractivity contribution in [3.05, 3.63) is 62.0 Å². The van der Waals surface area contributed by atoms with Crippen LogP contribution < -0.4 is 4.74 Å². The Morgan fingerprint density at radius 2 is 1.74 bits per heavy atom. The second-order valence-electron chi connectivity index (χ2n) is 4.13. The maximum Gasteiger partial charge on any atom is 0.194 e. The molecule has 4 heteroatoms. The molecule has 0 radical (unpaired) electrons. The van der Waals surface area contributed by atoms with Crippen LogP contribution in [-0.4, -0.2) is 12.9 Å². The fourth-order valence-electron chi connectivity index (χ4n) is 1.83. The molecule has 0 aliphatic rings. The van der Waals surface area contributed by atoms with Crippen molar-refractivity contribution >= 4 is 37.6 Å². The van der Waals surface area contributed by atoms with E-state index in [0.29, 0.717) is 11.1 Å². The van der Waals surface area contributed by atoms with Crippen LogP contribution in [0.25, 0.3) is 0 Å². The minimum absolute atomic E-state index is 0.000437. The summed E-state index contributed by atoms with van der Waals surface area (Å²) < 4.78 is 6.83. The number of methoxy groups -OCH3 is 1. The van der Waals surface area contributed by atoms with Crippen LogP contribution >= 0.6 is 31.9 Å². The van der Waals surface area contributed by atoms with Gasteiger partial charge >= 0.3 is 0 Å². The lowest BCUT2D eigenvalue weighted by Gasteiger charge is -2.08. The standard InChI is InChI=1S/C15H12Br2O2/c1-9-7-10(16)3-5-12(9)15(18)13-6-4-11(19-2)8-14(13)17/h3-8H,1-2H3. The van der Waals surface area contributed by atoms with Crippen molar-refractivity contribution in [3.63, 3.8) is 0 Å². The number of aryl methyl sites for hydroxylation is 1. The van der Waals surface area contributed by atoms with E-state index in [-0.39, 0.29) is 5.78 Å². The summed E-state index contributed by atoms with van der Waals surface area (Å²) in [6.45, 7) is 1.93. The van der Waals surface area contributed by atoms with E-state index >= 15 is 0 Å². The molecule has 0 N–H and O–H groups in total. The Morgan fingerprint density at radius 1 is 1.05 bits per heavy atom. The lowest BCUT2D eigenvalue weighted by Crippen LogP contribution is -2.04. The first-order valence-electron chi connectivity index (χ1n) is 5.67. The normalized spacial score (nSPS) is 10.3. The smallest absolute Gasteiger partial charge is 0.194 e. The number of hydrogen-bond acceptors (Lipinski definition) is 2. The van der Waals surface area contributed by atoms with Crippen LogP contribution in [0.1, 0.15) is 21.5 Å². The van der Waals surface area contributed by atoms with E-state index in [1.165, 1.54) is 0 Å². The Bertz CT molecular complexity index is 636. The third kappa shape index (κ3) is 3.07. The second-order valence-corrected chi connectivity index (χ2v) is 5.90. The molecule has 2 rings (SSSR count). The van der Waals surface area contributed by atoms with Crippen molar-refractivity contribution in [2.75, 3.05) is 7.11 Å². The molecule has 0 heterocycles. The summed E-state index contributed by atoms with van der Waals surface area (Å²) in [6.07, 6.45) is 0. The Kier molecular flexibility index (Phi) is 4.42. The van der Waals surface area contributed by atoms with Crippen LogP contribution in [0.3, 0.4) is 0 Å². The monoisotopic (exact) mass is 382 g/mol. The first-order valence-corrected chi connectivity index (χ1v) is 7.26. The zero-order valence-corrected chi connectivity index (χ0v) is 13.7. The summed E-state index contributed by atoms with van der Waals surface area (Å²) in [6, 6.07) is 11.0. The summed E-state index contributed by atoms with van der Waals surface area (Å²) in [5, 5.41) is 0. The number of halogens is 2. The maximum absolute atomic E-state index is 12.5. The molecule has 2 nitrogen and oxygen atoms in total. The van der Waals surface area contributed by atoms with Crippen LogP contribution in [0.5, 0.6) is 5.75 Å². The number of ether oxygens (including phenoxy) is 1. The maximum atomic E-state index is 12.5. The summed E-state index contributed by atoms with van der Waals surface area (Å²) >= 11 is 6.81. The first kappa shape index (κ1) is 14.3. The van der Waals surface area contributed by atoms with E-state index < -0.39 is 0 Å². The molecule has 0 saturated carbocycles. The van der Waals surface area contributed by atoms with E-state index in [2.05, 4.69) is 31.9 Å². The topological polar surface area (TPSA) is 26.3 Å². The van der Waals surface area contributed by atoms with Gasteiger partial charge in [-0.25, -0.2) is 0 Å². The summed E-state index contributed by atoms with van der Waals surface area (Å²) in [7, 11) is 1.60. The highest BCUT2D eigenvalue weighted by molar-refractivity contribution is 9.10. The molecule has 0 saturated heterocycles. The Hall–Kier alpha value is -1.13. The number of ketones is 1. The Labute approximate surface area is 129 Å². The predicted molar refractivity (Wildman–Crippen MR) is 83.0 cm³/mol. The van der Waals surface area contributed by atoms with E-state index in [1.54, 1.807) is 25.3 Å². The fraction of sp³-hybridized carbons (Fsp3) is 0.133. The van der Waals surface area contributed by atoms with Crippen molar-refractivity contribution in [3.8, 4) is 5.75 Å². The van der Waals surface area contributed by atoms with Gasteiger partial charge in [-0.1, -0.05) is 15.9 Å². The SMILES string of the molecule is COc1ccc(C(=O)c2ccc(Br)cc2C)c(Br)c1. The van der Waals surface area contributed by atoms with Crippen LogP contribution in [-0.2, 0) is 0 Å². The lowest BCUT2D eigenvalue weighted by atomic mass is 9.99. The zero-order chi connectivity index (χ0) is 14.0. The van der Waals surface area contributed by atoms with Gasteiger partial charge < -0.3 is 4.74 Å². The number of carbonyl (C=O) groups is 1. The molecule has 0 aliphatic heterocycles. The molecule has 0 aliphatic carbocycles. The molecule has 2 aromatic rings. The zero-order valence-electron chi connectivity index (χ0n) is 10.5. The van der Waals surface area contributed by atoms with E-state index in [0.717, 1.165) is 20.3 Å². The van der Waals surface area contributed by atoms with Gasteiger partial charge in [-0.2, -0.15) is 0 Å². The molecule has 98 valence electrons. The average Bonchev–Trinajstić information content (AvgIpc) is 2.37. The largest absolute Gasteiger partial charge is 0.497 e. The fourth-order valence-corrected chi connectivity index (χ4v) is 2.85. The van der Waals surface area contributed by atoms with Crippen LogP contribution in [0.2, 0.25) is 0 Å². The van der Waals surface area contributed by atoms with Gasteiger partial charge in [0.05, 0.1) is 7.11 Å². The van der Waals surface area contributed by atoms with E-state index in [4.69, 9.17) is 4.74 Å². The second kappa shape index (κ2) is 5.88. The molecule has 2 aromatic carbocycles. The van der Waals surface area contributed by atoms with Crippen molar-refractivity contribution in [2.45, 2.75) is 6.92 Å². The highest BCUT2D eigenvalue weighted by Gasteiger charge is 2.15. The van der Waals surface area contributed by atoms with Crippen LogP contribution in [0.15, 0.2) is 45.3 Å². The van der Waals surface area contributed by atoms with Crippen LogP contribution in [0, 0.1) is 6.92 Å². The van der Waals surface area contributed by atoms with E-state index in [1.807, 2.05) is 25.1 Å². The molecule has 0 atom stereocenters. The minimum Gasteiger partial charge on any atom is -0.497 e. The van der Waals surface area contributed by atoms with Crippen molar-refractivity contribution < 1.29 is 9.53 Å². The van der Waals surface area contributed by atoms with Gasteiger partial charge in [0, 0.05) is 20.1 Å². The Morgan fingerprint density at radius 3 is 2.32 bits per heavy atom. The molecule has 0 aromatic heterocycles. The number of carbonyl (C=O) groups excluding carboxylic acids is 1. The van der Waals surface area contributed by atoms with Gasteiger partial charge in [-0.3, -0.25) is 4.79 Å². The number of rotatable bonds is 3. The van der Waals surface area contributed by atoms with Gasteiger partial charge in [0.25, 0.3) is 0 Å². The summed E-state index contributed by atoms with van der Waals surface area (Å²) in [5.74, 6) is 0.718. The van der Waals surface area contributed by atoms with Gasteiger partial charge in [-0.05, 0) is 64.8 Å². The lowest BCUT2D eigenvalue weighted by molar-refractivity contribution is 0.103. The quantitative estimate of drug-likeness (QED) is 0.714. The van der Waals surface area contributed by atoms with Gasteiger partial charge in [-0.15, -0.1) is 0 Å². The molecule has 0 amide bonds. The van der Waals surface area contributed by atoms with Gasteiger partial charge in [0.2, 0.25) is 0 Å². The molecule has 0 bridgehead atoms. The third-order valence-electron chi connectivity index (χ3n) is 2.85. The van der Waals surface area contributed by atoms with Crippen molar-refractivity contribution in [1.82, 2.24) is 0 Å². The first-order chi connectivity index (χ1) is 9.02. The highest BCUT2D eigenvalue weighted by Crippen LogP contribution is 2.26. The summed E-state index contributed by atoms with van der Waals surface area (Å²) in [4.78, 5) is 12.5. The number of hydrogen-bond donors (Lipinski definition) is 0. The molecule has 0 unspecified atom stereocenters. The van der Waals surface area contributed by atoms with Crippen LogP contribution in [0.4, 0.5) is 0 Å². The average molecular weight is 384 g/mol. The molecule has 0 fully saturated rings. The number of benzene rings is 2. The molecular formula is C15H12Br2O2. The minimum atomic E-state index is -0.000437. The molecule has 19 heavy (non-hydrogen) atoms. The third-order valence-corrected chi connectivity index (χ3v) is 4.00.